The van der Waals surface area contributed by atoms with Crippen LogP contribution in [0.2, 0.25) is 5.02 Å². The summed E-state index contributed by atoms with van der Waals surface area (Å²) in [6, 6.07) is 15.2. The number of H-pyrrole nitrogens is 1. The Morgan fingerprint density at radius 2 is 1.82 bits per heavy atom. The number of nitrogens with two attached hydrogens (primary N) is 1. The Bertz CT molecular complexity index is 1580. The topological polar surface area (TPSA) is 117 Å². The van der Waals surface area contributed by atoms with Crippen molar-refractivity contribution in [2.45, 2.75) is 39.5 Å². The molecule has 8 nitrogen and oxygen atoms in total. The molecule has 0 amide bonds. The molecule has 1 aliphatic heterocycles. The van der Waals surface area contributed by atoms with E-state index in [0.717, 1.165) is 28.1 Å². The van der Waals surface area contributed by atoms with Crippen molar-refractivity contribution in [3.05, 3.63) is 81.4 Å². The first-order chi connectivity index (χ1) is 18.6. The van der Waals surface area contributed by atoms with Gasteiger partial charge in [0.2, 0.25) is 0 Å². The normalized spacial score (nSPS) is 18.6. The average Bonchev–Trinajstić information content (AvgIpc) is 3.27. The van der Waals surface area contributed by atoms with E-state index in [9.17, 15) is 10.1 Å². The highest BCUT2D eigenvalue weighted by atomic mass is 35.5. The molecule has 0 unspecified atom stereocenters. The lowest BCUT2D eigenvalue weighted by molar-refractivity contribution is -0.118. The molecule has 200 valence electrons. The molecule has 5 rings (SSSR count). The van der Waals surface area contributed by atoms with Gasteiger partial charge in [0.25, 0.3) is 0 Å². The SMILES string of the molecule is COc1ccc([C@H]2C(C#N)=C(N)N(c3n[nH]c(C)c3-c3ccc(Cl)cc3)C3=C2C(=O)CC(C)(C)C3)cc1OC. The third kappa shape index (κ3) is 4.43. The van der Waals surface area contributed by atoms with Crippen molar-refractivity contribution < 1.29 is 14.3 Å². The number of nitrogens with one attached hydrogen (secondary N) is 1. The van der Waals surface area contributed by atoms with Crippen LogP contribution in [0.4, 0.5) is 5.82 Å². The number of ether oxygens (including phenoxy) is 2. The molecule has 0 radical (unpaired) electrons. The second-order valence-electron chi connectivity index (χ2n) is 10.6. The number of nitrogens with zero attached hydrogens (tertiary/aromatic N) is 3. The van der Waals surface area contributed by atoms with Gasteiger partial charge in [-0.1, -0.05) is 43.6 Å². The Balaban J connectivity index is 1.78. The Labute approximate surface area is 232 Å². The van der Waals surface area contributed by atoms with Crippen LogP contribution in [0, 0.1) is 23.7 Å². The number of rotatable bonds is 5. The smallest absolute Gasteiger partial charge is 0.168 e. The molecule has 1 aromatic heterocycles. The number of nitriles is 1. The zero-order valence-corrected chi connectivity index (χ0v) is 23.3. The lowest BCUT2D eigenvalue weighted by Crippen LogP contribution is -2.42. The fraction of sp³-hybridized carbons (Fsp3) is 0.300. The van der Waals surface area contributed by atoms with Gasteiger partial charge < -0.3 is 15.2 Å². The van der Waals surface area contributed by atoms with Crippen LogP contribution < -0.4 is 20.1 Å². The number of Topliss-reactive ketones (excluding diaryl/α,β-unsaturated/α-hetero) is 1. The van der Waals surface area contributed by atoms with Gasteiger partial charge in [0, 0.05) is 34.0 Å². The van der Waals surface area contributed by atoms with Crippen LogP contribution >= 0.6 is 11.6 Å². The Kier molecular flexibility index (Phi) is 6.65. The summed E-state index contributed by atoms with van der Waals surface area (Å²) in [5.74, 6) is 1.16. The van der Waals surface area contributed by atoms with Crippen molar-refractivity contribution in [2.24, 2.45) is 11.1 Å². The first kappa shape index (κ1) is 26.4. The third-order valence-electron chi connectivity index (χ3n) is 7.39. The van der Waals surface area contributed by atoms with Gasteiger partial charge in [0.1, 0.15) is 5.82 Å². The van der Waals surface area contributed by atoms with Crippen molar-refractivity contribution in [2.75, 3.05) is 19.1 Å². The van der Waals surface area contributed by atoms with Gasteiger partial charge in [-0.2, -0.15) is 10.4 Å². The second kappa shape index (κ2) is 9.83. The number of ketones is 1. The van der Waals surface area contributed by atoms with E-state index in [1.54, 1.807) is 31.3 Å². The molecule has 2 aromatic carbocycles. The minimum absolute atomic E-state index is 0.0217. The van der Waals surface area contributed by atoms with Crippen molar-refractivity contribution in [1.29, 1.82) is 5.26 Å². The van der Waals surface area contributed by atoms with Gasteiger partial charge in [-0.25, -0.2) is 0 Å². The average molecular weight is 544 g/mol. The molecule has 0 saturated carbocycles. The van der Waals surface area contributed by atoms with Crippen molar-refractivity contribution in [3.63, 3.8) is 0 Å². The van der Waals surface area contributed by atoms with Crippen LogP contribution in [0.5, 0.6) is 11.5 Å². The van der Waals surface area contributed by atoms with E-state index >= 15 is 0 Å². The third-order valence-corrected chi connectivity index (χ3v) is 7.65. The number of aromatic amines is 1. The van der Waals surface area contributed by atoms with E-state index in [2.05, 4.69) is 30.1 Å². The molecule has 2 heterocycles. The van der Waals surface area contributed by atoms with Crippen molar-refractivity contribution >= 4 is 23.2 Å². The van der Waals surface area contributed by atoms with Gasteiger partial charge in [0.05, 0.1) is 31.8 Å². The van der Waals surface area contributed by atoms with Crippen LogP contribution in [-0.2, 0) is 4.79 Å². The molecule has 2 aliphatic rings. The Hall–Kier alpha value is -4.22. The molecule has 0 saturated heterocycles. The van der Waals surface area contributed by atoms with Crippen LogP contribution in [-0.4, -0.2) is 30.2 Å². The summed E-state index contributed by atoms with van der Waals surface area (Å²) in [6.07, 6.45) is 0.926. The monoisotopic (exact) mass is 543 g/mol. The van der Waals surface area contributed by atoms with Crippen molar-refractivity contribution in [1.82, 2.24) is 10.2 Å². The number of hydrogen-bond acceptors (Lipinski definition) is 7. The quantitative estimate of drug-likeness (QED) is 0.405. The maximum absolute atomic E-state index is 13.9. The molecule has 1 atom stereocenters. The molecular formula is C30H30ClN5O3. The predicted octanol–water partition coefficient (Wildman–Crippen LogP) is 6.00. The van der Waals surface area contributed by atoms with Crippen molar-refractivity contribution in [3.8, 4) is 28.7 Å². The van der Waals surface area contributed by atoms with Crippen LogP contribution in [0.25, 0.3) is 11.1 Å². The number of allylic oxidation sites excluding steroid dienone is 3. The predicted molar refractivity (Wildman–Crippen MR) is 150 cm³/mol. The number of aryl methyl sites for hydroxylation is 1. The number of carbonyl (C=O) groups is 1. The fourth-order valence-corrected chi connectivity index (χ4v) is 5.78. The number of halogens is 1. The fourth-order valence-electron chi connectivity index (χ4n) is 5.66. The minimum atomic E-state index is -0.649. The molecule has 3 N–H and O–H groups in total. The molecular weight excluding hydrogens is 514 g/mol. The number of hydrogen-bond donors (Lipinski definition) is 2. The lowest BCUT2D eigenvalue weighted by atomic mass is 9.68. The maximum Gasteiger partial charge on any atom is 0.168 e. The van der Waals surface area contributed by atoms with Crippen LogP contribution in [0.3, 0.4) is 0 Å². The van der Waals surface area contributed by atoms with Gasteiger partial charge in [-0.3, -0.25) is 14.8 Å². The summed E-state index contributed by atoms with van der Waals surface area (Å²) in [6.45, 7) is 6.05. The molecule has 39 heavy (non-hydrogen) atoms. The minimum Gasteiger partial charge on any atom is -0.493 e. The summed E-state index contributed by atoms with van der Waals surface area (Å²) in [5.41, 5.74) is 11.4. The van der Waals surface area contributed by atoms with E-state index in [4.69, 9.17) is 26.8 Å². The molecule has 0 fully saturated rings. The summed E-state index contributed by atoms with van der Waals surface area (Å²) in [5, 5.41) is 18.8. The maximum atomic E-state index is 13.9. The van der Waals surface area contributed by atoms with Gasteiger partial charge in [0.15, 0.2) is 23.1 Å². The van der Waals surface area contributed by atoms with Gasteiger partial charge in [-0.05, 0) is 54.2 Å². The number of carbonyl (C=O) groups excluding carboxylic acids is 1. The highest BCUT2D eigenvalue weighted by Crippen LogP contribution is 2.52. The lowest BCUT2D eigenvalue weighted by Gasteiger charge is -2.43. The zero-order valence-electron chi connectivity index (χ0n) is 22.6. The van der Waals surface area contributed by atoms with Gasteiger partial charge >= 0.3 is 0 Å². The van der Waals surface area contributed by atoms with Crippen LogP contribution in [0.1, 0.15) is 43.9 Å². The summed E-state index contributed by atoms with van der Waals surface area (Å²) in [7, 11) is 3.11. The number of anilines is 1. The van der Waals surface area contributed by atoms with Crippen LogP contribution in [0.15, 0.2) is 65.1 Å². The highest BCUT2D eigenvalue weighted by molar-refractivity contribution is 6.30. The summed E-state index contributed by atoms with van der Waals surface area (Å²) >= 11 is 6.16. The van der Waals surface area contributed by atoms with Gasteiger partial charge in [-0.15, -0.1) is 0 Å². The van der Waals surface area contributed by atoms with E-state index in [1.807, 2.05) is 37.3 Å². The first-order valence-corrected chi connectivity index (χ1v) is 13.0. The Morgan fingerprint density at radius 1 is 1.13 bits per heavy atom. The standard InChI is InChI=1S/C30H30ClN5O3/c1-16-25(17-6-9-19(31)10-7-17)29(35-34-16)36-21-13-30(2,3)14-22(37)27(21)26(20(15-32)28(36)33)18-8-11-23(38-4)24(12-18)39-5/h6-12,26H,13-14,33H2,1-5H3,(H,34,35)/t26-/m0/s1. The number of aromatic nitrogens is 2. The van der Waals surface area contributed by atoms with E-state index in [0.29, 0.717) is 40.8 Å². The molecule has 9 heteroatoms. The number of benzene rings is 2. The summed E-state index contributed by atoms with van der Waals surface area (Å²) < 4.78 is 10.9. The number of methoxy groups -OCH3 is 2. The molecule has 1 aliphatic carbocycles. The van der Waals surface area contributed by atoms with E-state index in [-0.39, 0.29) is 22.6 Å². The summed E-state index contributed by atoms with van der Waals surface area (Å²) in [4.78, 5) is 15.7. The second-order valence-corrected chi connectivity index (χ2v) is 11.1. The van der Waals surface area contributed by atoms with E-state index < -0.39 is 5.92 Å². The van der Waals surface area contributed by atoms with E-state index in [1.165, 1.54) is 0 Å². The largest absolute Gasteiger partial charge is 0.493 e. The molecule has 0 spiro atoms. The zero-order chi connectivity index (χ0) is 28.1. The highest BCUT2D eigenvalue weighted by Gasteiger charge is 2.46. The molecule has 3 aromatic rings. The first-order valence-electron chi connectivity index (χ1n) is 12.6. The Morgan fingerprint density at radius 3 is 2.46 bits per heavy atom. The molecule has 0 bridgehead atoms.